The number of anilines is 1. The fraction of sp³-hybridized carbons (Fsp3) is 0.100. The molecule has 1 aromatic carbocycles. The molecule has 4 nitrogen and oxygen atoms in total. The zero-order chi connectivity index (χ0) is 10.5. The molecule has 1 heterocycles. The van der Waals surface area contributed by atoms with Gasteiger partial charge in [-0.15, -0.1) is 0 Å². The lowest BCUT2D eigenvalue weighted by Crippen LogP contribution is -2.03. The fourth-order valence-corrected chi connectivity index (χ4v) is 1.26. The molecule has 0 aliphatic carbocycles. The van der Waals surface area contributed by atoms with Crippen molar-refractivity contribution in [1.82, 2.24) is 15.0 Å². The van der Waals surface area contributed by atoms with E-state index in [1.54, 1.807) is 0 Å². The number of aromatic nitrogens is 3. The molecule has 2 aromatic rings. The summed E-state index contributed by atoms with van der Waals surface area (Å²) < 4.78 is 0. The maximum atomic E-state index is 5.62. The fourth-order valence-electron chi connectivity index (χ4n) is 1.14. The zero-order valence-electron chi connectivity index (χ0n) is 7.89. The van der Waals surface area contributed by atoms with Gasteiger partial charge in [-0.1, -0.05) is 30.3 Å². The Morgan fingerprint density at radius 1 is 1.13 bits per heavy atom. The predicted molar refractivity (Wildman–Crippen MR) is 58.6 cm³/mol. The summed E-state index contributed by atoms with van der Waals surface area (Å²) in [5.74, 6) is 0.485. The first-order valence-corrected chi connectivity index (χ1v) is 4.85. The Morgan fingerprint density at radius 3 is 2.67 bits per heavy atom. The van der Waals surface area contributed by atoms with Crippen LogP contribution in [-0.4, -0.2) is 15.0 Å². The van der Waals surface area contributed by atoms with E-state index < -0.39 is 0 Å². The van der Waals surface area contributed by atoms with Gasteiger partial charge in [0, 0.05) is 6.54 Å². The zero-order valence-corrected chi connectivity index (χ0v) is 8.65. The van der Waals surface area contributed by atoms with Crippen LogP contribution < -0.4 is 5.32 Å². The third-order valence-electron chi connectivity index (χ3n) is 1.84. The number of hydrogen-bond donors (Lipinski definition) is 1. The molecule has 0 saturated heterocycles. The largest absolute Gasteiger partial charge is 0.350 e. The molecule has 5 heteroatoms. The van der Waals surface area contributed by atoms with Crippen molar-refractivity contribution >= 4 is 17.5 Å². The van der Waals surface area contributed by atoms with Gasteiger partial charge in [0.25, 0.3) is 0 Å². The first kappa shape index (κ1) is 9.86. The van der Waals surface area contributed by atoms with Gasteiger partial charge in [-0.25, -0.2) is 9.97 Å². The van der Waals surface area contributed by atoms with Crippen molar-refractivity contribution in [2.75, 3.05) is 5.32 Å². The summed E-state index contributed by atoms with van der Waals surface area (Å²) in [6.07, 6.45) is 1.38. The van der Waals surface area contributed by atoms with Crippen molar-refractivity contribution in [2.24, 2.45) is 0 Å². The summed E-state index contributed by atoms with van der Waals surface area (Å²) in [6.45, 7) is 0.668. The molecule has 0 aliphatic rings. The van der Waals surface area contributed by atoms with Gasteiger partial charge in [-0.3, -0.25) is 0 Å². The van der Waals surface area contributed by atoms with Crippen molar-refractivity contribution in [3.05, 3.63) is 47.5 Å². The van der Waals surface area contributed by atoms with E-state index in [9.17, 15) is 0 Å². The molecule has 0 saturated carbocycles. The number of halogens is 1. The highest BCUT2D eigenvalue weighted by Gasteiger charge is 1.97. The van der Waals surface area contributed by atoms with Gasteiger partial charge < -0.3 is 5.32 Å². The highest BCUT2D eigenvalue weighted by molar-refractivity contribution is 6.28. The van der Waals surface area contributed by atoms with Crippen molar-refractivity contribution in [3.8, 4) is 0 Å². The Labute approximate surface area is 92.4 Å². The quantitative estimate of drug-likeness (QED) is 0.861. The predicted octanol–water partition coefficient (Wildman–Crippen LogP) is 2.14. The standard InChI is InChI=1S/C10H9ClN4/c11-9-13-7-14-10(15-9)12-6-8-4-2-1-3-5-8/h1-5,7H,6H2,(H,12,13,14,15). The molecule has 0 amide bonds. The van der Waals surface area contributed by atoms with E-state index in [0.29, 0.717) is 12.5 Å². The number of hydrogen-bond acceptors (Lipinski definition) is 4. The summed E-state index contributed by atoms with van der Waals surface area (Å²) in [5, 5.41) is 3.25. The monoisotopic (exact) mass is 220 g/mol. The Kier molecular flexibility index (Phi) is 3.09. The highest BCUT2D eigenvalue weighted by Crippen LogP contribution is 2.05. The summed E-state index contributed by atoms with van der Waals surface area (Å²) in [6, 6.07) is 9.99. The lowest BCUT2D eigenvalue weighted by molar-refractivity contribution is 1.00. The van der Waals surface area contributed by atoms with Crippen LogP contribution in [0, 0.1) is 0 Å². The lowest BCUT2D eigenvalue weighted by Gasteiger charge is -2.03. The maximum Gasteiger partial charge on any atom is 0.227 e. The molecule has 0 fully saturated rings. The summed E-state index contributed by atoms with van der Waals surface area (Å²) in [5.41, 5.74) is 1.16. The molecule has 0 bridgehead atoms. The SMILES string of the molecule is Clc1ncnc(NCc2ccccc2)n1. The lowest BCUT2D eigenvalue weighted by atomic mass is 10.2. The number of nitrogens with one attached hydrogen (secondary N) is 1. The van der Waals surface area contributed by atoms with E-state index in [2.05, 4.69) is 20.3 Å². The minimum atomic E-state index is 0.195. The van der Waals surface area contributed by atoms with E-state index in [1.165, 1.54) is 6.33 Å². The second kappa shape index (κ2) is 4.70. The minimum Gasteiger partial charge on any atom is -0.350 e. The highest BCUT2D eigenvalue weighted by atomic mass is 35.5. The third kappa shape index (κ3) is 2.89. The minimum absolute atomic E-state index is 0.195. The van der Waals surface area contributed by atoms with Crippen LogP contribution >= 0.6 is 11.6 Å². The second-order valence-corrected chi connectivity index (χ2v) is 3.26. The smallest absolute Gasteiger partial charge is 0.227 e. The molecule has 0 atom stereocenters. The molecule has 0 aliphatic heterocycles. The van der Waals surface area contributed by atoms with Crippen molar-refractivity contribution < 1.29 is 0 Å². The van der Waals surface area contributed by atoms with Crippen LogP contribution in [-0.2, 0) is 6.54 Å². The van der Waals surface area contributed by atoms with E-state index in [4.69, 9.17) is 11.6 Å². The summed E-state index contributed by atoms with van der Waals surface area (Å²) in [7, 11) is 0. The van der Waals surface area contributed by atoms with E-state index in [1.807, 2.05) is 30.3 Å². The second-order valence-electron chi connectivity index (χ2n) is 2.92. The van der Waals surface area contributed by atoms with Crippen molar-refractivity contribution in [3.63, 3.8) is 0 Å². The van der Waals surface area contributed by atoms with Crippen LogP contribution in [0.15, 0.2) is 36.7 Å². The molecule has 2 rings (SSSR count). The molecule has 76 valence electrons. The Balaban J connectivity index is 1.99. The van der Waals surface area contributed by atoms with Gasteiger partial charge in [-0.2, -0.15) is 4.98 Å². The number of rotatable bonds is 3. The van der Waals surface area contributed by atoms with E-state index >= 15 is 0 Å². The van der Waals surface area contributed by atoms with Gasteiger partial charge in [0.1, 0.15) is 6.33 Å². The maximum absolute atomic E-state index is 5.62. The van der Waals surface area contributed by atoms with Crippen LogP contribution in [0.25, 0.3) is 0 Å². The topological polar surface area (TPSA) is 50.7 Å². The summed E-state index contributed by atoms with van der Waals surface area (Å²) in [4.78, 5) is 11.6. The Bertz CT molecular complexity index is 432. The van der Waals surface area contributed by atoms with Crippen LogP contribution in [0.3, 0.4) is 0 Å². The molecule has 15 heavy (non-hydrogen) atoms. The first-order valence-electron chi connectivity index (χ1n) is 4.47. The summed E-state index contributed by atoms with van der Waals surface area (Å²) >= 11 is 5.62. The van der Waals surface area contributed by atoms with Crippen LogP contribution in [0.5, 0.6) is 0 Å². The van der Waals surface area contributed by atoms with Gasteiger partial charge in [-0.05, 0) is 17.2 Å². The molecule has 1 aromatic heterocycles. The Morgan fingerprint density at radius 2 is 1.93 bits per heavy atom. The average molecular weight is 221 g/mol. The number of nitrogens with zero attached hydrogens (tertiary/aromatic N) is 3. The van der Waals surface area contributed by atoms with Crippen LogP contribution in [0.4, 0.5) is 5.95 Å². The van der Waals surface area contributed by atoms with Crippen molar-refractivity contribution in [2.45, 2.75) is 6.54 Å². The Hall–Kier alpha value is -1.68. The molecular weight excluding hydrogens is 212 g/mol. The van der Waals surface area contributed by atoms with Gasteiger partial charge in [0.15, 0.2) is 0 Å². The first-order chi connectivity index (χ1) is 7.34. The third-order valence-corrected chi connectivity index (χ3v) is 2.02. The van der Waals surface area contributed by atoms with Gasteiger partial charge >= 0.3 is 0 Å². The van der Waals surface area contributed by atoms with E-state index in [-0.39, 0.29) is 5.28 Å². The van der Waals surface area contributed by atoms with Gasteiger partial charge in [0.05, 0.1) is 0 Å². The average Bonchev–Trinajstić information content (AvgIpc) is 2.28. The molecule has 0 unspecified atom stereocenters. The number of benzene rings is 1. The molecule has 1 N–H and O–H groups in total. The van der Waals surface area contributed by atoms with Crippen LogP contribution in [0.1, 0.15) is 5.56 Å². The molecular formula is C10H9ClN4. The van der Waals surface area contributed by atoms with E-state index in [0.717, 1.165) is 5.56 Å². The normalized spacial score (nSPS) is 9.93. The molecule has 0 spiro atoms. The molecule has 0 radical (unpaired) electrons. The van der Waals surface area contributed by atoms with Crippen molar-refractivity contribution in [1.29, 1.82) is 0 Å². The van der Waals surface area contributed by atoms with Crippen LogP contribution in [0.2, 0.25) is 5.28 Å². The van der Waals surface area contributed by atoms with Gasteiger partial charge in [0.2, 0.25) is 11.2 Å².